The Morgan fingerprint density at radius 3 is 2.25 bits per heavy atom. The molecule has 0 saturated heterocycles. The fourth-order valence-electron chi connectivity index (χ4n) is 1.24. The Morgan fingerprint density at radius 1 is 1.19 bits per heavy atom. The molecule has 1 rings (SSSR count). The van der Waals surface area contributed by atoms with E-state index in [0.29, 0.717) is 0 Å². The van der Waals surface area contributed by atoms with Gasteiger partial charge in [0.1, 0.15) is 0 Å². The molecule has 1 aromatic carbocycles. The highest BCUT2D eigenvalue weighted by atomic mass is 32.2. The maximum Gasteiger partial charge on any atom is 0.417 e. The Bertz CT molecular complexity index is 468. The quantitative estimate of drug-likeness (QED) is 0.886. The average Bonchev–Trinajstić information content (AvgIpc) is 2.16. The van der Waals surface area contributed by atoms with E-state index < -0.39 is 32.2 Å². The number of alkyl halides is 3. The topological polar surface area (TPSA) is 60.2 Å². The van der Waals surface area contributed by atoms with Crippen molar-refractivity contribution in [2.75, 3.05) is 12.3 Å². The molecule has 0 aliphatic heterocycles. The molecule has 0 saturated carbocycles. The molecule has 90 valence electrons. The fourth-order valence-corrected chi connectivity index (χ4v) is 2.57. The molecule has 0 fully saturated rings. The van der Waals surface area contributed by atoms with Gasteiger partial charge in [-0.15, -0.1) is 0 Å². The second-order valence-electron chi connectivity index (χ2n) is 3.10. The van der Waals surface area contributed by atoms with Crippen molar-refractivity contribution in [1.29, 1.82) is 0 Å². The van der Waals surface area contributed by atoms with E-state index in [1.165, 1.54) is 6.07 Å². The molecule has 16 heavy (non-hydrogen) atoms. The van der Waals surface area contributed by atoms with Crippen molar-refractivity contribution in [2.24, 2.45) is 5.73 Å². The molecule has 3 nitrogen and oxygen atoms in total. The van der Waals surface area contributed by atoms with E-state index in [9.17, 15) is 21.6 Å². The SMILES string of the molecule is NCCS(=O)(=O)c1ccccc1C(F)(F)F. The van der Waals surface area contributed by atoms with Crippen LogP contribution in [-0.2, 0) is 16.0 Å². The number of hydrogen-bond donors (Lipinski definition) is 1. The van der Waals surface area contributed by atoms with Crippen LogP contribution in [0.15, 0.2) is 29.2 Å². The van der Waals surface area contributed by atoms with Gasteiger partial charge in [-0.1, -0.05) is 12.1 Å². The van der Waals surface area contributed by atoms with Crippen molar-refractivity contribution in [3.8, 4) is 0 Å². The van der Waals surface area contributed by atoms with Crippen molar-refractivity contribution < 1.29 is 21.6 Å². The summed E-state index contributed by atoms with van der Waals surface area (Å²) < 4.78 is 60.6. The van der Waals surface area contributed by atoms with Gasteiger partial charge in [0.15, 0.2) is 9.84 Å². The van der Waals surface area contributed by atoms with Gasteiger partial charge in [0.2, 0.25) is 0 Å². The molecular weight excluding hydrogens is 243 g/mol. The van der Waals surface area contributed by atoms with Gasteiger partial charge in [-0.25, -0.2) is 8.42 Å². The van der Waals surface area contributed by atoms with Crippen LogP contribution in [0.3, 0.4) is 0 Å². The number of halogens is 3. The molecule has 7 heteroatoms. The molecular formula is C9H10F3NO2S. The third kappa shape index (κ3) is 2.73. The molecule has 0 spiro atoms. The van der Waals surface area contributed by atoms with Gasteiger partial charge in [0, 0.05) is 6.54 Å². The minimum Gasteiger partial charge on any atom is -0.329 e. The third-order valence-electron chi connectivity index (χ3n) is 1.91. The standard InChI is InChI=1S/C9H10F3NO2S/c10-9(11,12)7-3-1-2-4-8(7)16(14,15)6-5-13/h1-4H,5-6,13H2. The normalized spacial score (nSPS) is 12.8. The number of nitrogens with two attached hydrogens (primary N) is 1. The molecule has 0 heterocycles. The Hall–Kier alpha value is -1.08. The summed E-state index contributed by atoms with van der Waals surface area (Å²) in [5.41, 5.74) is 3.90. The Labute approximate surface area is 91.0 Å². The Morgan fingerprint density at radius 2 is 1.75 bits per heavy atom. The number of hydrogen-bond acceptors (Lipinski definition) is 3. The van der Waals surface area contributed by atoms with Crippen LogP contribution in [0.1, 0.15) is 5.56 Å². The minimum atomic E-state index is -4.68. The van der Waals surface area contributed by atoms with Crippen molar-refractivity contribution in [1.82, 2.24) is 0 Å². The number of sulfone groups is 1. The van der Waals surface area contributed by atoms with Crippen LogP contribution in [0.4, 0.5) is 13.2 Å². The lowest BCUT2D eigenvalue weighted by atomic mass is 10.2. The molecule has 0 radical (unpaired) electrons. The monoisotopic (exact) mass is 253 g/mol. The summed E-state index contributed by atoms with van der Waals surface area (Å²) in [7, 11) is -3.97. The molecule has 1 aromatic rings. The average molecular weight is 253 g/mol. The fraction of sp³-hybridized carbons (Fsp3) is 0.333. The summed E-state index contributed by atoms with van der Waals surface area (Å²) in [6.07, 6.45) is -4.68. The predicted molar refractivity (Wildman–Crippen MR) is 52.6 cm³/mol. The number of benzene rings is 1. The second kappa shape index (κ2) is 4.42. The first-order chi connectivity index (χ1) is 7.29. The van der Waals surface area contributed by atoms with Gasteiger partial charge in [0.05, 0.1) is 16.2 Å². The van der Waals surface area contributed by atoms with Gasteiger partial charge < -0.3 is 5.73 Å². The summed E-state index contributed by atoms with van der Waals surface area (Å²) in [5, 5.41) is 0. The van der Waals surface area contributed by atoms with Gasteiger partial charge in [-0.05, 0) is 12.1 Å². The minimum absolute atomic E-state index is 0.214. The van der Waals surface area contributed by atoms with E-state index >= 15 is 0 Å². The summed E-state index contributed by atoms with van der Waals surface area (Å²) in [4.78, 5) is -0.715. The van der Waals surface area contributed by atoms with E-state index in [1.54, 1.807) is 0 Å². The lowest BCUT2D eigenvalue weighted by Gasteiger charge is -2.12. The third-order valence-corrected chi connectivity index (χ3v) is 3.71. The highest BCUT2D eigenvalue weighted by molar-refractivity contribution is 7.91. The molecule has 0 aliphatic carbocycles. The smallest absolute Gasteiger partial charge is 0.329 e. The zero-order valence-electron chi connectivity index (χ0n) is 8.16. The summed E-state index contributed by atoms with van der Waals surface area (Å²) in [5.74, 6) is -0.500. The van der Waals surface area contributed by atoms with Crippen LogP contribution in [0, 0.1) is 0 Å². The van der Waals surface area contributed by atoms with Gasteiger partial charge in [-0.3, -0.25) is 0 Å². The van der Waals surface area contributed by atoms with Crippen LogP contribution >= 0.6 is 0 Å². The maximum absolute atomic E-state index is 12.5. The van der Waals surface area contributed by atoms with Crippen LogP contribution in [0.25, 0.3) is 0 Å². The first kappa shape index (κ1) is 13.0. The molecule has 0 aromatic heterocycles. The van der Waals surface area contributed by atoms with Crippen molar-refractivity contribution in [2.45, 2.75) is 11.1 Å². The van der Waals surface area contributed by atoms with E-state index in [1.807, 2.05) is 0 Å². The lowest BCUT2D eigenvalue weighted by Crippen LogP contribution is -2.19. The van der Waals surface area contributed by atoms with Crippen LogP contribution in [0.2, 0.25) is 0 Å². The summed E-state index contributed by atoms with van der Waals surface area (Å²) >= 11 is 0. The molecule has 0 amide bonds. The molecule has 0 atom stereocenters. The first-order valence-corrected chi connectivity index (χ1v) is 6.03. The van der Waals surface area contributed by atoms with Crippen molar-refractivity contribution in [3.05, 3.63) is 29.8 Å². The Kier molecular flexibility index (Phi) is 3.59. The summed E-state index contributed by atoms with van der Waals surface area (Å²) in [6.45, 7) is -0.214. The second-order valence-corrected chi connectivity index (χ2v) is 5.18. The van der Waals surface area contributed by atoms with E-state index in [0.717, 1.165) is 18.2 Å². The zero-order chi connectivity index (χ0) is 12.4. The van der Waals surface area contributed by atoms with Crippen molar-refractivity contribution in [3.63, 3.8) is 0 Å². The zero-order valence-corrected chi connectivity index (χ0v) is 8.98. The lowest BCUT2D eigenvalue weighted by molar-refractivity contribution is -0.139. The van der Waals surface area contributed by atoms with Crippen molar-refractivity contribution >= 4 is 9.84 Å². The van der Waals surface area contributed by atoms with Gasteiger partial charge in [-0.2, -0.15) is 13.2 Å². The molecule has 2 N–H and O–H groups in total. The predicted octanol–water partition coefficient (Wildman–Crippen LogP) is 1.44. The number of rotatable bonds is 3. The highest BCUT2D eigenvalue weighted by Crippen LogP contribution is 2.34. The first-order valence-electron chi connectivity index (χ1n) is 4.38. The van der Waals surface area contributed by atoms with E-state index in [-0.39, 0.29) is 6.54 Å². The Balaban J connectivity index is 3.35. The largest absolute Gasteiger partial charge is 0.417 e. The summed E-state index contributed by atoms with van der Waals surface area (Å²) in [6, 6.07) is 4.07. The van der Waals surface area contributed by atoms with Gasteiger partial charge in [0.25, 0.3) is 0 Å². The molecule has 0 bridgehead atoms. The van der Waals surface area contributed by atoms with Crippen LogP contribution in [-0.4, -0.2) is 20.7 Å². The van der Waals surface area contributed by atoms with E-state index in [2.05, 4.69) is 0 Å². The molecule has 0 unspecified atom stereocenters. The molecule has 0 aliphatic rings. The van der Waals surface area contributed by atoms with Gasteiger partial charge >= 0.3 is 6.18 Å². The van der Waals surface area contributed by atoms with Crippen LogP contribution in [0.5, 0.6) is 0 Å². The van der Waals surface area contributed by atoms with Crippen LogP contribution < -0.4 is 5.73 Å². The highest BCUT2D eigenvalue weighted by Gasteiger charge is 2.36. The van der Waals surface area contributed by atoms with E-state index in [4.69, 9.17) is 5.73 Å². The maximum atomic E-state index is 12.5.